The molecular weight excluding hydrogens is 917 g/mol. The van der Waals surface area contributed by atoms with Crippen LogP contribution in [0.2, 0.25) is 5.02 Å². The van der Waals surface area contributed by atoms with Crippen molar-refractivity contribution in [1.29, 1.82) is 0 Å². The molecular formula is C52H55ClFN9O7. The first-order valence-electron chi connectivity index (χ1n) is 24.4. The summed E-state index contributed by atoms with van der Waals surface area (Å²) in [6.07, 6.45) is 11.7. The third-order valence-corrected chi connectivity index (χ3v) is 15.1. The summed E-state index contributed by atoms with van der Waals surface area (Å²) in [5.74, 6) is -0.671. The maximum Gasteiger partial charge on any atom is 0.262 e. The van der Waals surface area contributed by atoms with Crippen molar-refractivity contribution in [1.82, 2.24) is 35.4 Å². The second kappa shape index (κ2) is 20.3. The summed E-state index contributed by atoms with van der Waals surface area (Å²) in [5, 5.41) is 9.94. The molecule has 10 rings (SSSR count). The van der Waals surface area contributed by atoms with Gasteiger partial charge in [-0.25, -0.2) is 14.4 Å². The van der Waals surface area contributed by atoms with E-state index >= 15 is 4.39 Å². The van der Waals surface area contributed by atoms with Crippen LogP contribution in [0.5, 0.6) is 11.5 Å². The van der Waals surface area contributed by atoms with Crippen LogP contribution in [0.4, 0.5) is 15.9 Å². The van der Waals surface area contributed by atoms with Crippen molar-refractivity contribution in [2.45, 2.75) is 95.2 Å². The SMILES string of the molecule is O=C1CCC(N2C(=O)c3cc(F)c(N4CCC(CCN5CCC(CC(=O)NC6CCC(Nc7ncnc8[nH]cc(C(=O)c9ccc(Oc%10ccccc%10)cc9Cl)c78)CC6)CC5)CC4)cc3C2=O)C(=O)N1. The molecule has 4 N–H and O–H groups in total. The van der Waals surface area contributed by atoms with Gasteiger partial charge in [-0.1, -0.05) is 29.8 Å². The number of carbonyl (C=O) groups is 6. The number of H-pyrrole nitrogens is 1. The normalized spacial score (nSPS) is 21.5. The molecule has 4 fully saturated rings. The largest absolute Gasteiger partial charge is 0.457 e. The number of piperidine rings is 3. The predicted molar refractivity (Wildman–Crippen MR) is 260 cm³/mol. The highest BCUT2D eigenvalue weighted by Crippen LogP contribution is 2.36. The number of aromatic amines is 1. The zero-order chi connectivity index (χ0) is 48.5. The molecule has 1 atom stereocenters. The topological polar surface area (TPSA) is 199 Å². The summed E-state index contributed by atoms with van der Waals surface area (Å²) in [6.45, 7) is 4.11. The highest BCUT2D eigenvalue weighted by atomic mass is 35.5. The molecule has 3 saturated heterocycles. The third-order valence-electron chi connectivity index (χ3n) is 14.8. The van der Waals surface area contributed by atoms with E-state index < -0.39 is 35.5 Å². The molecule has 0 bridgehead atoms. The predicted octanol–water partition coefficient (Wildman–Crippen LogP) is 7.42. The molecule has 364 valence electrons. The van der Waals surface area contributed by atoms with Crippen LogP contribution in [-0.2, 0) is 14.4 Å². The lowest BCUT2D eigenvalue weighted by Crippen LogP contribution is -2.54. The lowest BCUT2D eigenvalue weighted by Gasteiger charge is -2.36. The van der Waals surface area contributed by atoms with Crippen LogP contribution < -0.4 is 25.6 Å². The zero-order valence-corrected chi connectivity index (χ0v) is 39.4. The van der Waals surface area contributed by atoms with Crippen molar-refractivity contribution < 1.29 is 37.9 Å². The number of aromatic nitrogens is 3. The van der Waals surface area contributed by atoms with Gasteiger partial charge in [-0.15, -0.1) is 0 Å². The Labute approximate surface area is 409 Å². The fourth-order valence-electron chi connectivity index (χ4n) is 10.9. The number of rotatable bonds is 14. The van der Waals surface area contributed by atoms with E-state index in [4.69, 9.17) is 16.3 Å². The van der Waals surface area contributed by atoms with Gasteiger partial charge < -0.3 is 30.2 Å². The summed E-state index contributed by atoms with van der Waals surface area (Å²) < 4.78 is 21.4. The molecule has 1 saturated carbocycles. The van der Waals surface area contributed by atoms with Gasteiger partial charge in [-0.2, -0.15) is 0 Å². The minimum Gasteiger partial charge on any atom is -0.457 e. The van der Waals surface area contributed by atoms with Crippen LogP contribution >= 0.6 is 11.6 Å². The second-order valence-corrected chi connectivity index (χ2v) is 19.7. The Morgan fingerprint density at radius 3 is 2.23 bits per heavy atom. The molecule has 1 aliphatic carbocycles. The number of carbonyl (C=O) groups excluding carboxylic acids is 6. The molecule has 70 heavy (non-hydrogen) atoms. The maximum atomic E-state index is 15.5. The molecule has 3 aromatic carbocycles. The van der Waals surface area contributed by atoms with E-state index in [-0.39, 0.29) is 58.5 Å². The fourth-order valence-corrected chi connectivity index (χ4v) is 11.1. The van der Waals surface area contributed by atoms with E-state index in [1.54, 1.807) is 24.4 Å². The highest BCUT2D eigenvalue weighted by Gasteiger charge is 2.45. The van der Waals surface area contributed by atoms with Crippen LogP contribution in [0.15, 0.2) is 73.2 Å². The Kier molecular flexibility index (Phi) is 13.6. The summed E-state index contributed by atoms with van der Waals surface area (Å²) >= 11 is 6.63. The van der Waals surface area contributed by atoms with Crippen molar-refractivity contribution in [2.75, 3.05) is 42.9 Å². The van der Waals surface area contributed by atoms with Gasteiger partial charge in [0.25, 0.3) is 11.8 Å². The average Bonchev–Trinajstić information content (AvgIpc) is 3.90. The first kappa shape index (κ1) is 47.0. The Hall–Kier alpha value is -6.72. The van der Waals surface area contributed by atoms with Gasteiger partial charge in [0, 0.05) is 55.8 Å². The summed E-state index contributed by atoms with van der Waals surface area (Å²) in [7, 11) is 0. The number of anilines is 2. The fraction of sp³-hybridized carbons (Fsp3) is 0.423. The number of ether oxygens (including phenoxy) is 1. The Morgan fingerprint density at radius 1 is 0.786 bits per heavy atom. The van der Waals surface area contributed by atoms with Gasteiger partial charge in [-0.05, 0) is 132 Å². The molecule has 1 unspecified atom stereocenters. The Bertz CT molecular complexity index is 2840. The Morgan fingerprint density at radius 2 is 1.50 bits per heavy atom. The number of benzene rings is 3. The van der Waals surface area contributed by atoms with Gasteiger partial charge in [0.15, 0.2) is 5.78 Å². The molecule has 18 heteroatoms. The summed E-state index contributed by atoms with van der Waals surface area (Å²) in [5.41, 5.74) is 1.60. The highest BCUT2D eigenvalue weighted by molar-refractivity contribution is 6.36. The number of imide groups is 2. The van der Waals surface area contributed by atoms with Crippen molar-refractivity contribution in [3.63, 3.8) is 0 Å². The standard InChI is InChI=1S/C52H55ClFN9O7/c53-40-25-35(70-34-4-2-1-3-5-34)10-11-36(40)47(66)39-28-55-48-46(39)49(57-29-56-48)59-33-8-6-32(7-9-33)58-45(65)24-31-15-20-61(21-16-31)19-14-30-17-22-62(23-18-30)43-27-38-37(26-41(43)54)51(68)63(52(38)69)42-12-13-44(64)60-50(42)67/h1-5,10-11,25-33,42H,6-9,12-24H2,(H,58,65)(H,60,64,67)(H2,55,56,57,59). The Balaban J connectivity index is 0.639. The molecule has 5 amide bonds. The molecule has 5 aliphatic rings. The number of likely N-dealkylation sites (tertiary alicyclic amines) is 1. The number of fused-ring (bicyclic) bond motifs is 2. The third kappa shape index (κ3) is 9.99. The van der Waals surface area contributed by atoms with Gasteiger partial charge in [-0.3, -0.25) is 39.0 Å². The number of nitrogens with one attached hydrogen (secondary N) is 4. The van der Waals surface area contributed by atoms with Gasteiger partial charge in [0.05, 0.1) is 32.8 Å². The van der Waals surface area contributed by atoms with E-state index in [0.29, 0.717) is 70.8 Å². The molecule has 0 spiro atoms. The number of halogens is 2. The summed E-state index contributed by atoms with van der Waals surface area (Å²) in [6, 6.07) is 16.0. The van der Waals surface area contributed by atoms with Crippen molar-refractivity contribution in [3.8, 4) is 11.5 Å². The molecule has 2 aromatic heterocycles. The van der Waals surface area contributed by atoms with Crippen molar-refractivity contribution in [3.05, 3.63) is 106 Å². The molecule has 0 radical (unpaired) electrons. The smallest absolute Gasteiger partial charge is 0.262 e. The first-order chi connectivity index (χ1) is 33.9. The van der Waals surface area contributed by atoms with Gasteiger partial charge in [0.1, 0.15) is 41.2 Å². The molecule has 5 aromatic rings. The minimum absolute atomic E-state index is 0.0158. The number of hydrogen-bond donors (Lipinski definition) is 4. The monoisotopic (exact) mass is 971 g/mol. The van der Waals surface area contributed by atoms with Gasteiger partial charge in [0.2, 0.25) is 17.7 Å². The van der Waals surface area contributed by atoms with Crippen LogP contribution in [0.25, 0.3) is 11.0 Å². The molecule has 6 heterocycles. The molecule has 16 nitrogen and oxygen atoms in total. The average molecular weight is 973 g/mol. The number of hydrogen-bond acceptors (Lipinski definition) is 12. The number of nitrogens with zero attached hydrogens (tertiary/aromatic N) is 5. The number of ketones is 1. The first-order valence-corrected chi connectivity index (χ1v) is 24.8. The lowest BCUT2D eigenvalue weighted by molar-refractivity contribution is -0.136. The van der Waals surface area contributed by atoms with Crippen LogP contribution in [0.3, 0.4) is 0 Å². The number of amides is 5. The second-order valence-electron chi connectivity index (χ2n) is 19.3. The maximum absolute atomic E-state index is 15.5. The number of para-hydroxylation sites is 1. The van der Waals surface area contributed by atoms with E-state index in [1.807, 2.05) is 35.2 Å². The van der Waals surface area contributed by atoms with Crippen LogP contribution in [0.1, 0.15) is 114 Å². The molecule has 4 aliphatic heterocycles. The van der Waals surface area contributed by atoms with Gasteiger partial charge >= 0.3 is 0 Å². The lowest BCUT2D eigenvalue weighted by atomic mass is 9.89. The van der Waals surface area contributed by atoms with E-state index in [2.05, 4.69) is 35.8 Å². The summed E-state index contributed by atoms with van der Waals surface area (Å²) in [4.78, 5) is 95.0. The van der Waals surface area contributed by atoms with Crippen LogP contribution in [-0.4, -0.2) is 111 Å². The van der Waals surface area contributed by atoms with E-state index in [9.17, 15) is 28.8 Å². The van der Waals surface area contributed by atoms with Crippen LogP contribution in [0, 0.1) is 17.7 Å². The van der Waals surface area contributed by atoms with E-state index in [0.717, 1.165) is 88.4 Å². The minimum atomic E-state index is -1.10. The van der Waals surface area contributed by atoms with Crippen molar-refractivity contribution in [2.24, 2.45) is 11.8 Å². The van der Waals surface area contributed by atoms with E-state index in [1.165, 1.54) is 12.4 Å². The zero-order valence-electron chi connectivity index (χ0n) is 38.7. The quantitative estimate of drug-likeness (QED) is 0.0636. The van der Waals surface area contributed by atoms with Crippen molar-refractivity contribution >= 4 is 69.5 Å².